The van der Waals surface area contributed by atoms with Gasteiger partial charge in [0.15, 0.2) is 0 Å². The molecule has 4 bridgehead atoms. The van der Waals surface area contributed by atoms with Crippen LogP contribution in [0, 0.1) is 40.4 Å². The molecule has 0 aromatic rings. The third-order valence-electron chi connectivity index (χ3n) is 15.0. The van der Waals surface area contributed by atoms with E-state index in [1.165, 1.54) is 44.9 Å². The molecule has 4 aliphatic rings. The minimum Gasteiger partial charge on any atom is -0.465 e. The molecule has 66 heavy (non-hydrogen) atoms. The van der Waals surface area contributed by atoms with Crippen LogP contribution in [0.2, 0.25) is 0 Å². The highest BCUT2D eigenvalue weighted by Gasteiger charge is 2.52. The Morgan fingerprint density at radius 3 is 1.23 bits per heavy atom. The van der Waals surface area contributed by atoms with Crippen LogP contribution in [0.4, 0.5) is 0 Å². The van der Waals surface area contributed by atoms with Gasteiger partial charge in [-0.3, -0.25) is 24.0 Å². The molecular formula is C55H96O11. The quantitative estimate of drug-likeness (QED) is 0.0354. The Labute approximate surface area is 401 Å². The van der Waals surface area contributed by atoms with Crippen molar-refractivity contribution in [1.82, 2.24) is 0 Å². The van der Waals surface area contributed by atoms with E-state index in [4.69, 9.17) is 23.7 Å². The lowest BCUT2D eigenvalue weighted by Crippen LogP contribution is -2.47. The zero-order chi connectivity index (χ0) is 47.9. The fourth-order valence-electron chi connectivity index (χ4n) is 11.3. The summed E-state index contributed by atoms with van der Waals surface area (Å²) >= 11 is 0. The summed E-state index contributed by atoms with van der Waals surface area (Å²) < 4.78 is 28.6. The molecule has 11 nitrogen and oxygen atoms in total. The molecule has 4 fully saturated rings. The first kappa shape index (κ1) is 57.6. The molecule has 0 aromatic carbocycles. The fraction of sp³-hybridized carbons (Fsp3) is 0.909. The van der Waals surface area contributed by atoms with E-state index in [2.05, 4.69) is 27.7 Å². The van der Waals surface area contributed by atoms with Crippen LogP contribution in [-0.4, -0.2) is 74.6 Å². The molecule has 4 rings (SSSR count). The molecule has 4 aliphatic carbocycles. The number of rotatable bonds is 41. The molecule has 11 heteroatoms. The smallest absolute Gasteiger partial charge is 0.308 e. The van der Waals surface area contributed by atoms with Gasteiger partial charge in [0, 0.05) is 12.8 Å². The molecule has 0 spiro atoms. The summed E-state index contributed by atoms with van der Waals surface area (Å²) in [5, 5.41) is 10.7. The molecule has 0 radical (unpaired) electrons. The summed E-state index contributed by atoms with van der Waals surface area (Å²) in [5.74, 6) is 0.737. The number of ether oxygens (including phenoxy) is 5. The second kappa shape index (κ2) is 33.7. The van der Waals surface area contributed by atoms with E-state index in [1.54, 1.807) is 0 Å². The number of hydrogen-bond acceptors (Lipinski definition) is 11. The van der Waals surface area contributed by atoms with Gasteiger partial charge in [0.05, 0.1) is 43.5 Å². The number of carbonyl (C=O) groups is 5. The average Bonchev–Trinajstić information content (AvgIpc) is 3.29. The van der Waals surface area contributed by atoms with Crippen molar-refractivity contribution in [2.24, 2.45) is 40.4 Å². The standard InChI is InChI=1S/C55H96O11/c1-5-9-13-19-27-47(25-11-7-3)52(60)62-31-23-17-15-21-29-49(57)64-41-55(40-56,43-66-51(59)39-54-36-44-33-45(37-54)35-46(34-44)38-54)42-65-50(58)30-22-16-18-24-32-63-53(61)48(26-12-8-4)28-20-14-10-6-2/h44-48,56H,5-43H2,1-4H3. The van der Waals surface area contributed by atoms with Crippen LogP contribution in [0.3, 0.4) is 0 Å². The lowest BCUT2D eigenvalue weighted by Gasteiger charge is -2.56. The summed E-state index contributed by atoms with van der Waals surface area (Å²) in [6.45, 7) is 8.23. The number of hydrogen-bond donors (Lipinski definition) is 1. The van der Waals surface area contributed by atoms with Gasteiger partial charge in [-0.2, -0.15) is 0 Å². The molecule has 0 aliphatic heterocycles. The first-order chi connectivity index (χ1) is 32.0. The summed E-state index contributed by atoms with van der Waals surface area (Å²) in [6, 6.07) is 0. The third-order valence-corrected chi connectivity index (χ3v) is 15.0. The van der Waals surface area contributed by atoms with Crippen LogP contribution < -0.4 is 0 Å². The first-order valence-electron chi connectivity index (χ1n) is 27.4. The van der Waals surface area contributed by atoms with Crippen LogP contribution in [0.5, 0.6) is 0 Å². The minimum absolute atomic E-state index is 0.00810. The van der Waals surface area contributed by atoms with Crippen LogP contribution >= 0.6 is 0 Å². The predicted octanol–water partition coefficient (Wildman–Crippen LogP) is 12.7. The van der Waals surface area contributed by atoms with Crippen molar-refractivity contribution in [3.8, 4) is 0 Å². The number of carbonyl (C=O) groups excluding carboxylic acids is 5. The maximum atomic E-state index is 13.4. The number of aliphatic hydroxyl groups excluding tert-OH is 1. The molecule has 0 aromatic heterocycles. The van der Waals surface area contributed by atoms with Gasteiger partial charge in [0.2, 0.25) is 0 Å². The summed E-state index contributed by atoms with van der Waals surface area (Å²) in [4.78, 5) is 65.0. The van der Waals surface area contributed by atoms with Crippen molar-refractivity contribution in [2.45, 2.75) is 240 Å². The number of esters is 5. The Morgan fingerprint density at radius 2 is 0.833 bits per heavy atom. The second-order valence-electron chi connectivity index (χ2n) is 21.3. The third kappa shape index (κ3) is 23.1. The van der Waals surface area contributed by atoms with Gasteiger partial charge < -0.3 is 28.8 Å². The van der Waals surface area contributed by atoms with E-state index < -0.39 is 24.0 Å². The Bertz CT molecular complexity index is 1260. The van der Waals surface area contributed by atoms with Crippen molar-refractivity contribution in [2.75, 3.05) is 39.6 Å². The predicted molar refractivity (Wildman–Crippen MR) is 259 cm³/mol. The zero-order valence-electron chi connectivity index (χ0n) is 42.5. The van der Waals surface area contributed by atoms with Crippen molar-refractivity contribution < 1.29 is 52.8 Å². The van der Waals surface area contributed by atoms with E-state index in [9.17, 15) is 29.1 Å². The Morgan fingerprint density at radius 1 is 0.470 bits per heavy atom. The maximum Gasteiger partial charge on any atom is 0.308 e. The first-order valence-corrected chi connectivity index (χ1v) is 27.4. The summed E-state index contributed by atoms with van der Waals surface area (Å²) in [6.07, 6.45) is 30.5. The molecule has 1 N–H and O–H groups in total. The van der Waals surface area contributed by atoms with E-state index in [0.717, 1.165) is 135 Å². The van der Waals surface area contributed by atoms with E-state index in [0.29, 0.717) is 50.2 Å². The Balaban J connectivity index is 1.41. The topological polar surface area (TPSA) is 152 Å². The molecule has 0 amide bonds. The molecular weight excluding hydrogens is 837 g/mol. The summed E-state index contributed by atoms with van der Waals surface area (Å²) in [7, 11) is 0. The largest absolute Gasteiger partial charge is 0.465 e. The van der Waals surface area contributed by atoms with Crippen LogP contribution in [0.25, 0.3) is 0 Å². The molecule has 0 heterocycles. The highest BCUT2D eigenvalue weighted by molar-refractivity contribution is 5.73. The molecule has 382 valence electrons. The van der Waals surface area contributed by atoms with Gasteiger partial charge in [-0.15, -0.1) is 0 Å². The van der Waals surface area contributed by atoms with Crippen molar-refractivity contribution in [3.05, 3.63) is 0 Å². The fourth-order valence-corrected chi connectivity index (χ4v) is 11.3. The maximum absolute atomic E-state index is 13.4. The van der Waals surface area contributed by atoms with Gasteiger partial charge in [0.1, 0.15) is 19.8 Å². The zero-order valence-corrected chi connectivity index (χ0v) is 42.5. The SMILES string of the molecule is CCCCCCC(CCCC)C(=O)OCCCCCCC(=O)OCC(CO)(COC(=O)CCCCCCOC(=O)C(CCCC)CCCCCC)COC(=O)CC12CC3CC(CC(C3)C1)C2. The average molecular weight is 933 g/mol. The number of unbranched alkanes of at least 4 members (excludes halogenated alkanes) is 14. The molecule has 4 saturated carbocycles. The molecule has 2 atom stereocenters. The monoisotopic (exact) mass is 933 g/mol. The van der Waals surface area contributed by atoms with Gasteiger partial charge in [0.25, 0.3) is 0 Å². The van der Waals surface area contributed by atoms with Crippen molar-refractivity contribution in [1.29, 1.82) is 0 Å². The van der Waals surface area contributed by atoms with Crippen LogP contribution in [0.1, 0.15) is 240 Å². The Hall–Kier alpha value is -2.69. The highest BCUT2D eigenvalue weighted by Crippen LogP contribution is 2.61. The number of aliphatic hydroxyl groups is 1. The summed E-state index contributed by atoms with van der Waals surface area (Å²) in [5.41, 5.74) is -1.29. The van der Waals surface area contributed by atoms with Crippen molar-refractivity contribution in [3.63, 3.8) is 0 Å². The van der Waals surface area contributed by atoms with Gasteiger partial charge in [-0.05, 0) is 113 Å². The van der Waals surface area contributed by atoms with Gasteiger partial charge >= 0.3 is 29.8 Å². The Kier molecular flexibility index (Phi) is 29.5. The van der Waals surface area contributed by atoms with E-state index in [1.807, 2.05) is 0 Å². The van der Waals surface area contributed by atoms with Crippen LogP contribution in [0.15, 0.2) is 0 Å². The normalized spacial score (nSPS) is 21.4. The minimum atomic E-state index is -1.29. The van der Waals surface area contributed by atoms with E-state index >= 15 is 0 Å². The van der Waals surface area contributed by atoms with Crippen LogP contribution in [-0.2, 0) is 47.7 Å². The lowest BCUT2D eigenvalue weighted by atomic mass is 9.49. The van der Waals surface area contributed by atoms with Gasteiger partial charge in [-0.1, -0.05) is 130 Å². The molecule has 2 unspecified atom stereocenters. The molecule has 0 saturated heterocycles. The van der Waals surface area contributed by atoms with Gasteiger partial charge in [-0.25, -0.2) is 0 Å². The second-order valence-corrected chi connectivity index (χ2v) is 21.3. The van der Waals surface area contributed by atoms with Crippen molar-refractivity contribution >= 4 is 29.8 Å². The highest BCUT2D eigenvalue weighted by atomic mass is 16.6. The lowest BCUT2D eigenvalue weighted by molar-refractivity contribution is -0.168. The van der Waals surface area contributed by atoms with E-state index in [-0.39, 0.29) is 67.8 Å².